The van der Waals surface area contributed by atoms with Crippen molar-refractivity contribution in [2.75, 3.05) is 0 Å². The smallest absolute Gasteiger partial charge is 0.187 e. The third kappa shape index (κ3) is 2.48. The van der Waals surface area contributed by atoms with Gasteiger partial charge >= 0.3 is 0 Å². The minimum absolute atomic E-state index is 0.0730. The van der Waals surface area contributed by atoms with Crippen LogP contribution in [0.4, 0.5) is 0 Å². The molecular formula is C13H14O3S. The van der Waals surface area contributed by atoms with Gasteiger partial charge in [-0.05, 0) is 26.0 Å². The van der Waals surface area contributed by atoms with E-state index in [9.17, 15) is 8.76 Å². The molecule has 0 fully saturated rings. The van der Waals surface area contributed by atoms with Gasteiger partial charge < -0.3 is 9.29 Å². The van der Waals surface area contributed by atoms with Gasteiger partial charge in [0.15, 0.2) is 11.1 Å². The van der Waals surface area contributed by atoms with E-state index in [0.29, 0.717) is 4.90 Å². The van der Waals surface area contributed by atoms with E-state index in [1.165, 1.54) is 0 Å². The fraction of sp³-hybridized carbons (Fsp3) is 0.231. The second-order valence-corrected chi connectivity index (χ2v) is 4.96. The van der Waals surface area contributed by atoms with Crippen molar-refractivity contribution in [3.8, 4) is 5.75 Å². The normalized spacial score (nSPS) is 12.9. The Balaban J connectivity index is 2.66. The van der Waals surface area contributed by atoms with Crippen LogP contribution in [0.15, 0.2) is 41.3 Å². The summed E-state index contributed by atoms with van der Waals surface area (Å²) in [4.78, 5) is 0.414. The van der Waals surface area contributed by atoms with Crippen molar-refractivity contribution < 1.29 is 13.5 Å². The molecular weight excluding hydrogens is 236 g/mol. The van der Waals surface area contributed by atoms with Gasteiger partial charge in [0, 0.05) is 10.8 Å². The van der Waals surface area contributed by atoms with Crippen LogP contribution in [0.2, 0.25) is 0 Å². The molecule has 4 heteroatoms. The first-order chi connectivity index (χ1) is 8.09. The number of rotatable bonds is 3. The minimum Gasteiger partial charge on any atom is -0.490 e. The zero-order valence-corrected chi connectivity index (χ0v) is 10.5. The first-order valence-electron chi connectivity index (χ1n) is 5.39. The fourth-order valence-corrected chi connectivity index (χ4v) is 2.30. The molecule has 0 saturated carbocycles. The van der Waals surface area contributed by atoms with Crippen LogP contribution in [0.5, 0.6) is 5.75 Å². The molecule has 2 aromatic rings. The highest BCUT2D eigenvalue weighted by Gasteiger charge is 2.10. The summed E-state index contributed by atoms with van der Waals surface area (Å²) in [7, 11) is 0. The standard InChI is InChI=1S/C13H14O3S/c1-9(2)16-12-7-8-13(17(14)15)11-6-4-3-5-10(11)12/h3-9H,1-2H3,(H,14,15). The van der Waals surface area contributed by atoms with E-state index in [1.54, 1.807) is 12.1 Å². The largest absolute Gasteiger partial charge is 0.490 e. The predicted molar refractivity (Wildman–Crippen MR) is 68.7 cm³/mol. The van der Waals surface area contributed by atoms with Gasteiger partial charge in [-0.15, -0.1) is 0 Å². The molecule has 2 aromatic carbocycles. The Kier molecular flexibility index (Phi) is 3.45. The van der Waals surface area contributed by atoms with Gasteiger partial charge in [0.1, 0.15) is 5.75 Å². The lowest BCUT2D eigenvalue weighted by molar-refractivity contribution is 0.245. The zero-order chi connectivity index (χ0) is 12.4. The van der Waals surface area contributed by atoms with Gasteiger partial charge in [0.2, 0.25) is 0 Å². The van der Waals surface area contributed by atoms with Crippen molar-refractivity contribution in [3.63, 3.8) is 0 Å². The fourth-order valence-electron chi connectivity index (χ4n) is 1.75. The molecule has 0 heterocycles. The molecule has 1 N–H and O–H groups in total. The number of hydrogen-bond donors (Lipinski definition) is 1. The van der Waals surface area contributed by atoms with Crippen molar-refractivity contribution in [2.45, 2.75) is 24.8 Å². The highest BCUT2D eigenvalue weighted by Crippen LogP contribution is 2.30. The molecule has 90 valence electrons. The Morgan fingerprint density at radius 1 is 1.12 bits per heavy atom. The van der Waals surface area contributed by atoms with E-state index in [2.05, 4.69) is 0 Å². The summed E-state index contributed by atoms with van der Waals surface area (Å²) in [6, 6.07) is 10.8. The monoisotopic (exact) mass is 250 g/mol. The van der Waals surface area contributed by atoms with Gasteiger partial charge in [0.25, 0.3) is 0 Å². The van der Waals surface area contributed by atoms with Crippen LogP contribution < -0.4 is 4.74 Å². The molecule has 1 atom stereocenters. The molecule has 0 spiro atoms. The lowest BCUT2D eigenvalue weighted by Crippen LogP contribution is -2.06. The first-order valence-corrected chi connectivity index (χ1v) is 6.49. The van der Waals surface area contributed by atoms with Crippen LogP contribution >= 0.6 is 0 Å². The molecule has 0 aromatic heterocycles. The van der Waals surface area contributed by atoms with E-state index < -0.39 is 11.1 Å². The van der Waals surface area contributed by atoms with Crippen molar-refractivity contribution in [2.24, 2.45) is 0 Å². The van der Waals surface area contributed by atoms with Gasteiger partial charge in [-0.2, -0.15) is 0 Å². The van der Waals surface area contributed by atoms with Gasteiger partial charge in [-0.3, -0.25) is 0 Å². The summed E-state index contributed by atoms with van der Waals surface area (Å²) in [5.41, 5.74) is 0. The number of ether oxygens (including phenoxy) is 1. The predicted octanol–water partition coefficient (Wildman–Crippen LogP) is 3.21. The number of benzene rings is 2. The lowest BCUT2D eigenvalue weighted by Gasteiger charge is -2.13. The molecule has 0 aliphatic carbocycles. The van der Waals surface area contributed by atoms with Crippen LogP contribution in [-0.4, -0.2) is 14.9 Å². The molecule has 0 bridgehead atoms. The van der Waals surface area contributed by atoms with Crippen molar-refractivity contribution >= 4 is 21.9 Å². The van der Waals surface area contributed by atoms with E-state index in [0.717, 1.165) is 16.5 Å². The third-order valence-electron chi connectivity index (χ3n) is 2.39. The molecule has 1 unspecified atom stereocenters. The van der Waals surface area contributed by atoms with Gasteiger partial charge in [0.05, 0.1) is 11.0 Å². The van der Waals surface area contributed by atoms with Gasteiger partial charge in [-0.1, -0.05) is 24.3 Å². The molecule has 3 nitrogen and oxygen atoms in total. The lowest BCUT2D eigenvalue weighted by atomic mass is 10.1. The summed E-state index contributed by atoms with van der Waals surface area (Å²) in [5, 5.41) is 1.62. The van der Waals surface area contributed by atoms with Crippen molar-refractivity contribution in [3.05, 3.63) is 36.4 Å². The topological polar surface area (TPSA) is 46.5 Å². The highest BCUT2D eigenvalue weighted by molar-refractivity contribution is 7.79. The minimum atomic E-state index is -1.98. The molecule has 0 radical (unpaired) electrons. The Bertz CT molecular complexity index is 564. The van der Waals surface area contributed by atoms with E-state index in [1.807, 2.05) is 38.1 Å². The highest BCUT2D eigenvalue weighted by atomic mass is 32.2. The first kappa shape index (κ1) is 12.1. The maximum absolute atomic E-state index is 11.2. The number of hydrogen-bond acceptors (Lipinski definition) is 2. The summed E-state index contributed by atoms with van der Waals surface area (Å²) in [5.74, 6) is 0.741. The number of fused-ring (bicyclic) bond motifs is 1. The van der Waals surface area contributed by atoms with Crippen LogP contribution in [0.3, 0.4) is 0 Å². The quantitative estimate of drug-likeness (QED) is 0.851. The Morgan fingerprint density at radius 2 is 1.76 bits per heavy atom. The van der Waals surface area contributed by atoms with Crippen LogP contribution in [-0.2, 0) is 11.1 Å². The average molecular weight is 250 g/mol. The molecule has 0 aliphatic heterocycles. The van der Waals surface area contributed by atoms with Crippen LogP contribution in [0, 0.1) is 0 Å². The van der Waals surface area contributed by atoms with Crippen molar-refractivity contribution in [1.29, 1.82) is 0 Å². The summed E-state index contributed by atoms with van der Waals surface area (Å²) in [6.07, 6.45) is 0.0730. The second-order valence-electron chi connectivity index (χ2n) is 4.02. The molecule has 0 aliphatic rings. The summed E-state index contributed by atoms with van der Waals surface area (Å²) in [6.45, 7) is 3.90. The van der Waals surface area contributed by atoms with E-state index in [-0.39, 0.29) is 6.10 Å². The van der Waals surface area contributed by atoms with Crippen LogP contribution in [0.1, 0.15) is 13.8 Å². The van der Waals surface area contributed by atoms with Crippen molar-refractivity contribution in [1.82, 2.24) is 0 Å². The van der Waals surface area contributed by atoms with Gasteiger partial charge in [-0.25, -0.2) is 4.21 Å². The van der Waals surface area contributed by atoms with E-state index in [4.69, 9.17) is 4.74 Å². The molecule has 17 heavy (non-hydrogen) atoms. The maximum atomic E-state index is 11.2. The maximum Gasteiger partial charge on any atom is 0.187 e. The Labute approximate surface area is 103 Å². The Hall–Kier alpha value is -1.39. The summed E-state index contributed by atoms with van der Waals surface area (Å²) >= 11 is -1.98. The molecule has 0 saturated heterocycles. The SMILES string of the molecule is CC(C)Oc1ccc(S(=O)O)c2ccccc12. The second kappa shape index (κ2) is 4.85. The van der Waals surface area contributed by atoms with E-state index >= 15 is 0 Å². The Morgan fingerprint density at radius 3 is 2.35 bits per heavy atom. The summed E-state index contributed by atoms with van der Waals surface area (Å²) < 4.78 is 26.1. The molecule has 0 amide bonds. The average Bonchev–Trinajstić information content (AvgIpc) is 2.28. The molecule has 2 rings (SSSR count). The third-order valence-corrected chi connectivity index (χ3v) is 3.13. The zero-order valence-electron chi connectivity index (χ0n) is 9.71. The van der Waals surface area contributed by atoms with Crippen LogP contribution in [0.25, 0.3) is 10.8 Å².